The molecule has 2 aromatic carbocycles. The summed E-state index contributed by atoms with van der Waals surface area (Å²) in [5.74, 6) is 0.00417. The summed E-state index contributed by atoms with van der Waals surface area (Å²) < 4.78 is 41.7. The number of hydrogen-bond acceptors (Lipinski definition) is 2. The van der Waals surface area contributed by atoms with Crippen LogP contribution in [0.2, 0.25) is 0 Å². The van der Waals surface area contributed by atoms with Gasteiger partial charge in [0.2, 0.25) is 5.91 Å². The van der Waals surface area contributed by atoms with E-state index in [1.165, 1.54) is 10.2 Å². The van der Waals surface area contributed by atoms with Crippen LogP contribution < -0.4 is 0 Å². The van der Waals surface area contributed by atoms with Crippen LogP contribution in [0.15, 0.2) is 54.6 Å². The van der Waals surface area contributed by atoms with Crippen LogP contribution in [-0.2, 0) is 36.7 Å². The van der Waals surface area contributed by atoms with E-state index in [2.05, 4.69) is 5.10 Å². The van der Waals surface area contributed by atoms with Gasteiger partial charge in [0.25, 0.3) is 0 Å². The summed E-state index contributed by atoms with van der Waals surface area (Å²) in [4.78, 5) is 14.3. The summed E-state index contributed by atoms with van der Waals surface area (Å²) in [6, 6.07) is 17.1. The minimum Gasteiger partial charge on any atom is -0.345 e. The maximum atomic E-state index is 13.4. The Morgan fingerprint density at radius 1 is 1.00 bits per heavy atom. The third-order valence-corrected chi connectivity index (χ3v) is 5.99. The monoisotopic (exact) mass is 441 g/mol. The second kappa shape index (κ2) is 9.18. The summed E-state index contributed by atoms with van der Waals surface area (Å²) in [5.41, 5.74) is 2.79. The zero-order chi connectivity index (χ0) is 22.7. The molecule has 1 amide bonds. The average molecular weight is 441 g/mol. The van der Waals surface area contributed by atoms with Crippen LogP contribution in [0.25, 0.3) is 5.69 Å². The molecule has 0 bridgehead atoms. The molecular weight excluding hydrogens is 415 g/mol. The molecule has 0 spiro atoms. The van der Waals surface area contributed by atoms with Gasteiger partial charge in [-0.25, -0.2) is 4.68 Å². The van der Waals surface area contributed by atoms with Crippen LogP contribution in [0.4, 0.5) is 13.2 Å². The van der Waals surface area contributed by atoms with Crippen LogP contribution in [0, 0.1) is 0 Å². The van der Waals surface area contributed by atoms with E-state index in [1.54, 1.807) is 36.2 Å². The number of benzene rings is 2. The van der Waals surface area contributed by atoms with E-state index in [1.807, 2.05) is 30.3 Å². The first-order chi connectivity index (χ1) is 15.3. The van der Waals surface area contributed by atoms with E-state index in [4.69, 9.17) is 0 Å². The number of likely N-dealkylation sites (N-methyl/N-ethyl adjacent to an activating group) is 1. The maximum absolute atomic E-state index is 13.4. The molecule has 0 aliphatic heterocycles. The van der Waals surface area contributed by atoms with Crippen LogP contribution in [0.1, 0.15) is 40.9 Å². The van der Waals surface area contributed by atoms with Crippen molar-refractivity contribution >= 4 is 5.91 Å². The van der Waals surface area contributed by atoms with E-state index in [9.17, 15) is 18.0 Å². The Labute approximate surface area is 185 Å². The molecule has 0 unspecified atom stereocenters. The molecule has 1 aromatic heterocycles. The zero-order valence-electron chi connectivity index (χ0n) is 18.0. The van der Waals surface area contributed by atoms with Crippen LogP contribution >= 0.6 is 0 Å². The highest BCUT2D eigenvalue weighted by molar-refractivity contribution is 5.78. The molecule has 1 aliphatic rings. The quantitative estimate of drug-likeness (QED) is 0.539. The number of hydrogen-bond donors (Lipinski definition) is 0. The second-order valence-corrected chi connectivity index (χ2v) is 8.28. The Morgan fingerprint density at radius 3 is 2.38 bits per heavy atom. The number of alkyl halides is 3. The Bertz CT molecular complexity index is 1070. The normalized spacial score (nSPS) is 13.6. The van der Waals surface area contributed by atoms with Gasteiger partial charge in [-0.05, 0) is 55.4 Å². The number of carbonyl (C=O) groups is 1. The van der Waals surface area contributed by atoms with Gasteiger partial charge in [0.15, 0.2) is 5.69 Å². The van der Waals surface area contributed by atoms with Gasteiger partial charge in [0, 0.05) is 24.8 Å². The summed E-state index contributed by atoms with van der Waals surface area (Å²) in [6.45, 7) is 0.626. The molecule has 32 heavy (non-hydrogen) atoms. The lowest BCUT2D eigenvalue weighted by Crippen LogP contribution is -2.30. The van der Waals surface area contributed by atoms with E-state index >= 15 is 0 Å². The molecule has 4 nitrogen and oxygen atoms in total. The minimum atomic E-state index is -4.45. The highest BCUT2D eigenvalue weighted by atomic mass is 19.4. The highest BCUT2D eigenvalue weighted by Crippen LogP contribution is 2.36. The Hall–Kier alpha value is -3.09. The molecule has 0 N–H and O–H groups in total. The second-order valence-electron chi connectivity index (χ2n) is 8.28. The zero-order valence-corrected chi connectivity index (χ0v) is 18.0. The first kappa shape index (κ1) is 22.1. The molecule has 168 valence electrons. The van der Waals surface area contributed by atoms with Gasteiger partial charge >= 0.3 is 6.18 Å². The van der Waals surface area contributed by atoms with Crippen molar-refractivity contribution in [3.63, 3.8) is 0 Å². The van der Waals surface area contributed by atoms with Crippen molar-refractivity contribution in [1.82, 2.24) is 14.7 Å². The van der Waals surface area contributed by atoms with Crippen molar-refractivity contribution in [2.45, 2.75) is 44.7 Å². The standard InChI is InChI=1S/C25H26F3N3O/c1-30(16-15-18-7-3-2-4-8-18)23(32)17-19-11-13-20(14-12-19)31-22-10-6-5-9-21(22)24(29-31)25(26,27)28/h2-4,7-8,11-14H,5-6,9-10,15-17H2,1H3. The molecule has 7 heteroatoms. The van der Waals surface area contributed by atoms with Gasteiger partial charge in [0.05, 0.1) is 12.1 Å². The van der Waals surface area contributed by atoms with Gasteiger partial charge in [-0.1, -0.05) is 42.5 Å². The third kappa shape index (κ3) is 4.87. The van der Waals surface area contributed by atoms with Gasteiger partial charge in [-0.2, -0.15) is 18.3 Å². The molecular formula is C25H26F3N3O. The number of aromatic nitrogens is 2. The summed E-state index contributed by atoms with van der Waals surface area (Å²) in [6.07, 6.45) is -0.816. The average Bonchev–Trinajstić information content (AvgIpc) is 3.19. The number of nitrogens with zero attached hydrogens (tertiary/aromatic N) is 3. The summed E-state index contributed by atoms with van der Waals surface area (Å²) in [7, 11) is 1.79. The SMILES string of the molecule is CN(CCc1ccccc1)C(=O)Cc1ccc(-n2nc(C(F)(F)F)c3c2CCCC3)cc1. The van der Waals surface area contributed by atoms with Crippen LogP contribution in [0.3, 0.4) is 0 Å². The summed E-state index contributed by atoms with van der Waals surface area (Å²) >= 11 is 0. The number of carbonyl (C=O) groups excluding carboxylic acids is 1. The van der Waals surface area contributed by atoms with E-state index in [0.717, 1.165) is 24.8 Å². The van der Waals surface area contributed by atoms with Crippen molar-refractivity contribution in [2.24, 2.45) is 0 Å². The number of halogens is 3. The lowest BCUT2D eigenvalue weighted by molar-refractivity contribution is -0.142. The maximum Gasteiger partial charge on any atom is 0.435 e. The first-order valence-corrected chi connectivity index (χ1v) is 10.9. The molecule has 1 heterocycles. The third-order valence-electron chi connectivity index (χ3n) is 5.99. The molecule has 1 aliphatic carbocycles. The Kier molecular flexibility index (Phi) is 6.35. The number of fused-ring (bicyclic) bond motifs is 1. The van der Waals surface area contributed by atoms with Gasteiger partial charge in [-0.15, -0.1) is 0 Å². The molecule has 0 atom stereocenters. The minimum absolute atomic E-state index is 0.00417. The van der Waals surface area contributed by atoms with E-state index < -0.39 is 11.9 Å². The fourth-order valence-electron chi connectivity index (χ4n) is 4.17. The highest BCUT2D eigenvalue weighted by Gasteiger charge is 2.39. The fourth-order valence-corrected chi connectivity index (χ4v) is 4.17. The lowest BCUT2D eigenvalue weighted by atomic mass is 9.95. The topological polar surface area (TPSA) is 38.1 Å². The molecule has 0 fully saturated rings. The lowest BCUT2D eigenvalue weighted by Gasteiger charge is -2.17. The summed E-state index contributed by atoms with van der Waals surface area (Å²) in [5, 5.41) is 3.92. The molecule has 4 rings (SSSR count). The van der Waals surface area contributed by atoms with Crippen molar-refractivity contribution in [3.05, 3.63) is 82.7 Å². The van der Waals surface area contributed by atoms with Crippen molar-refractivity contribution < 1.29 is 18.0 Å². The fraction of sp³-hybridized carbons (Fsp3) is 0.360. The van der Waals surface area contributed by atoms with Gasteiger partial charge in [0.1, 0.15) is 0 Å². The number of amides is 1. The van der Waals surface area contributed by atoms with Gasteiger partial charge in [-0.3, -0.25) is 4.79 Å². The predicted molar refractivity (Wildman–Crippen MR) is 117 cm³/mol. The largest absolute Gasteiger partial charge is 0.435 e. The van der Waals surface area contributed by atoms with Crippen LogP contribution in [-0.4, -0.2) is 34.2 Å². The van der Waals surface area contributed by atoms with Crippen molar-refractivity contribution in [3.8, 4) is 5.69 Å². The Balaban J connectivity index is 1.44. The van der Waals surface area contributed by atoms with E-state index in [0.29, 0.717) is 36.3 Å². The smallest absolute Gasteiger partial charge is 0.345 e. The molecule has 0 saturated carbocycles. The predicted octanol–water partition coefficient (Wildman–Crippen LogP) is 5.01. The van der Waals surface area contributed by atoms with Crippen molar-refractivity contribution in [2.75, 3.05) is 13.6 Å². The van der Waals surface area contributed by atoms with Gasteiger partial charge < -0.3 is 4.90 Å². The van der Waals surface area contributed by atoms with Crippen LogP contribution in [0.5, 0.6) is 0 Å². The van der Waals surface area contributed by atoms with E-state index in [-0.39, 0.29) is 12.3 Å². The number of rotatable bonds is 6. The van der Waals surface area contributed by atoms with Crippen molar-refractivity contribution in [1.29, 1.82) is 0 Å². The molecule has 0 saturated heterocycles. The first-order valence-electron chi connectivity index (χ1n) is 10.9. The Morgan fingerprint density at radius 2 is 1.69 bits per heavy atom. The molecule has 3 aromatic rings. The molecule has 0 radical (unpaired) electrons.